The number of ether oxygens (including phenoxy) is 1. The molecule has 1 heterocycles. The minimum absolute atomic E-state index is 0.660. The van der Waals surface area contributed by atoms with E-state index in [1.807, 2.05) is 24.4 Å². The van der Waals surface area contributed by atoms with E-state index < -0.39 is 0 Å². The molecule has 1 aliphatic carbocycles. The molecule has 1 fully saturated rings. The van der Waals surface area contributed by atoms with Crippen LogP contribution >= 0.6 is 0 Å². The van der Waals surface area contributed by atoms with Gasteiger partial charge < -0.3 is 10.1 Å². The molecule has 1 saturated carbocycles. The molecule has 1 aromatic carbocycles. The highest BCUT2D eigenvalue weighted by atomic mass is 16.5. The second-order valence-corrected chi connectivity index (χ2v) is 6.00. The molecule has 112 valence electrons. The first-order valence-electron chi connectivity index (χ1n) is 8.04. The molecular weight excluding hydrogens is 260 g/mol. The summed E-state index contributed by atoms with van der Waals surface area (Å²) in [4.78, 5) is 4.42. The second kappa shape index (κ2) is 6.90. The first-order valence-corrected chi connectivity index (χ1v) is 8.04. The molecular formula is C18H24N2O. The van der Waals surface area contributed by atoms with Crippen molar-refractivity contribution in [2.75, 3.05) is 13.2 Å². The van der Waals surface area contributed by atoms with Crippen molar-refractivity contribution in [2.45, 2.75) is 38.6 Å². The van der Waals surface area contributed by atoms with Crippen LogP contribution in [0, 0.1) is 5.92 Å². The molecule has 3 heteroatoms. The summed E-state index contributed by atoms with van der Waals surface area (Å²) in [6.07, 6.45) is 7.22. The zero-order valence-electron chi connectivity index (χ0n) is 12.7. The Morgan fingerprint density at radius 3 is 2.95 bits per heavy atom. The van der Waals surface area contributed by atoms with Crippen LogP contribution in [0.15, 0.2) is 36.5 Å². The zero-order chi connectivity index (χ0) is 14.5. The summed E-state index contributed by atoms with van der Waals surface area (Å²) < 4.78 is 5.92. The Kier molecular flexibility index (Phi) is 4.71. The smallest absolute Gasteiger partial charge is 0.145 e. The van der Waals surface area contributed by atoms with Gasteiger partial charge in [0.25, 0.3) is 0 Å². The molecule has 3 nitrogen and oxygen atoms in total. The number of rotatable bonds is 5. The number of hydrogen-bond donors (Lipinski definition) is 1. The van der Waals surface area contributed by atoms with Crippen LogP contribution in [-0.4, -0.2) is 24.2 Å². The molecule has 1 aromatic heterocycles. The van der Waals surface area contributed by atoms with E-state index in [0.717, 1.165) is 29.1 Å². The topological polar surface area (TPSA) is 34.1 Å². The lowest BCUT2D eigenvalue weighted by atomic mass is 9.86. The Morgan fingerprint density at radius 1 is 1.19 bits per heavy atom. The Hall–Kier alpha value is -1.61. The van der Waals surface area contributed by atoms with Crippen molar-refractivity contribution in [1.29, 1.82) is 0 Å². The Balaban J connectivity index is 1.52. The molecule has 2 atom stereocenters. The normalized spacial score (nSPS) is 22.3. The summed E-state index contributed by atoms with van der Waals surface area (Å²) in [5.41, 5.74) is 0.950. The van der Waals surface area contributed by atoms with E-state index in [2.05, 4.69) is 29.4 Å². The van der Waals surface area contributed by atoms with Gasteiger partial charge in [0.05, 0.1) is 0 Å². The number of benzene rings is 1. The molecule has 0 aliphatic heterocycles. The number of pyridine rings is 1. The number of para-hydroxylation sites is 1. The van der Waals surface area contributed by atoms with Crippen molar-refractivity contribution in [3.05, 3.63) is 36.5 Å². The number of nitrogens with zero attached hydrogens (tertiary/aromatic N) is 1. The lowest BCUT2D eigenvalue weighted by Crippen LogP contribution is -2.39. The van der Waals surface area contributed by atoms with E-state index in [9.17, 15) is 0 Å². The average Bonchev–Trinajstić information content (AvgIpc) is 2.53. The standard InChI is InChI=1S/C18H24N2O/c1-14-6-2-3-9-16(14)19-12-13-21-17-10-4-7-15-8-5-11-20-18(15)17/h4-5,7-8,10-11,14,16,19H,2-3,6,9,12-13H2,1H3. The van der Waals surface area contributed by atoms with E-state index >= 15 is 0 Å². The van der Waals surface area contributed by atoms with E-state index in [-0.39, 0.29) is 0 Å². The maximum Gasteiger partial charge on any atom is 0.145 e. The maximum absolute atomic E-state index is 5.92. The lowest BCUT2D eigenvalue weighted by Gasteiger charge is -2.29. The van der Waals surface area contributed by atoms with Crippen LogP contribution in [0.25, 0.3) is 10.9 Å². The minimum atomic E-state index is 0.660. The van der Waals surface area contributed by atoms with Gasteiger partial charge in [0.1, 0.15) is 17.9 Å². The summed E-state index contributed by atoms with van der Waals surface area (Å²) >= 11 is 0. The molecule has 2 aromatic rings. The third kappa shape index (κ3) is 3.53. The highest BCUT2D eigenvalue weighted by Gasteiger charge is 2.20. The van der Waals surface area contributed by atoms with Crippen molar-refractivity contribution < 1.29 is 4.74 Å². The third-order valence-corrected chi connectivity index (χ3v) is 4.47. The van der Waals surface area contributed by atoms with Gasteiger partial charge in [0, 0.05) is 24.2 Å². The summed E-state index contributed by atoms with van der Waals surface area (Å²) in [5.74, 6) is 1.67. The van der Waals surface area contributed by atoms with Gasteiger partial charge >= 0.3 is 0 Å². The fourth-order valence-electron chi connectivity index (χ4n) is 3.22. The fourth-order valence-corrected chi connectivity index (χ4v) is 3.22. The van der Waals surface area contributed by atoms with Crippen molar-refractivity contribution in [3.63, 3.8) is 0 Å². The Labute approximate surface area is 126 Å². The van der Waals surface area contributed by atoms with Gasteiger partial charge in [-0.3, -0.25) is 4.98 Å². The van der Waals surface area contributed by atoms with Crippen LogP contribution in [0.3, 0.4) is 0 Å². The van der Waals surface area contributed by atoms with Gasteiger partial charge in [0.2, 0.25) is 0 Å². The maximum atomic E-state index is 5.92. The molecule has 0 saturated heterocycles. The van der Waals surface area contributed by atoms with Crippen molar-refractivity contribution in [2.24, 2.45) is 5.92 Å². The van der Waals surface area contributed by atoms with Gasteiger partial charge in [0.15, 0.2) is 0 Å². The largest absolute Gasteiger partial charge is 0.490 e. The van der Waals surface area contributed by atoms with Crippen LogP contribution in [-0.2, 0) is 0 Å². The molecule has 1 aliphatic rings. The molecule has 0 amide bonds. The van der Waals surface area contributed by atoms with Gasteiger partial charge in [-0.25, -0.2) is 0 Å². The number of fused-ring (bicyclic) bond motifs is 1. The lowest BCUT2D eigenvalue weighted by molar-refractivity contribution is 0.252. The van der Waals surface area contributed by atoms with Crippen molar-refractivity contribution >= 4 is 10.9 Å². The number of hydrogen-bond acceptors (Lipinski definition) is 3. The highest BCUT2D eigenvalue weighted by Crippen LogP contribution is 2.24. The minimum Gasteiger partial charge on any atom is -0.490 e. The van der Waals surface area contributed by atoms with Crippen LogP contribution < -0.4 is 10.1 Å². The third-order valence-electron chi connectivity index (χ3n) is 4.47. The van der Waals surface area contributed by atoms with Crippen molar-refractivity contribution in [3.8, 4) is 5.75 Å². The van der Waals surface area contributed by atoms with Gasteiger partial charge in [-0.2, -0.15) is 0 Å². The first-order chi connectivity index (χ1) is 10.3. The van der Waals surface area contributed by atoms with Crippen LogP contribution in [0.1, 0.15) is 32.6 Å². The molecule has 3 rings (SSSR count). The number of nitrogens with one attached hydrogen (secondary N) is 1. The second-order valence-electron chi connectivity index (χ2n) is 6.00. The predicted octanol–water partition coefficient (Wildman–Crippen LogP) is 3.78. The van der Waals surface area contributed by atoms with Crippen LogP contribution in [0.2, 0.25) is 0 Å². The average molecular weight is 284 g/mol. The summed E-state index contributed by atoms with van der Waals surface area (Å²) in [6, 6.07) is 10.8. The number of aromatic nitrogens is 1. The van der Waals surface area contributed by atoms with Gasteiger partial charge in [-0.05, 0) is 30.9 Å². The molecule has 0 radical (unpaired) electrons. The predicted molar refractivity (Wildman–Crippen MR) is 86.7 cm³/mol. The van der Waals surface area contributed by atoms with Gasteiger partial charge in [-0.1, -0.05) is 38.0 Å². The Morgan fingerprint density at radius 2 is 2.05 bits per heavy atom. The first kappa shape index (κ1) is 14.3. The molecule has 0 spiro atoms. The fraction of sp³-hybridized carbons (Fsp3) is 0.500. The van der Waals surface area contributed by atoms with E-state index in [1.165, 1.54) is 25.7 Å². The summed E-state index contributed by atoms with van der Waals surface area (Å²) in [7, 11) is 0. The molecule has 2 unspecified atom stereocenters. The monoisotopic (exact) mass is 284 g/mol. The summed E-state index contributed by atoms with van der Waals surface area (Å²) in [5, 5.41) is 4.77. The van der Waals surface area contributed by atoms with Crippen LogP contribution in [0.4, 0.5) is 0 Å². The van der Waals surface area contributed by atoms with E-state index in [4.69, 9.17) is 4.74 Å². The molecule has 0 bridgehead atoms. The van der Waals surface area contributed by atoms with E-state index in [1.54, 1.807) is 0 Å². The quantitative estimate of drug-likeness (QED) is 0.848. The SMILES string of the molecule is CC1CCCCC1NCCOc1cccc2cccnc12. The summed E-state index contributed by atoms with van der Waals surface area (Å²) in [6.45, 7) is 3.95. The van der Waals surface area contributed by atoms with Gasteiger partial charge in [-0.15, -0.1) is 0 Å². The highest BCUT2D eigenvalue weighted by molar-refractivity contribution is 5.84. The van der Waals surface area contributed by atoms with Crippen LogP contribution in [0.5, 0.6) is 5.75 Å². The Bertz CT molecular complexity index is 579. The molecule has 21 heavy (non-hydrogen) atoms. The van der Waals surface area contributed by atoms with Crippen molar-refractivity contribution in [1.82, 2.24) is 10.3 Å². The molecule has 1 N–H and O–H groups in total. The van der Waals surface area contributed by atoms with E-state index in [0.29, 0.717) is 12.6 Å². The zero-order valence-corrected chi connectivity index (χ0v) is 12.7.